The Morgan fingerprint density at radius 2 is 2.19 bits per heavy atom. The lowest BCUT2D eigenvalue weighted by Crippen LogP contribution is -2.51. The van der Waals surface area contributed by atoms with E-state index in [2.05, 4.69) is 10.2 Å². The summed E-state index contributed by atoms with van der Waals surface area (Å²) in [5.41, 5.74) is 5.98. The van der Waals surface area contributed by atoms with Gasteiger partial charge in [-0.3, -0.25) is 4.90 Å². The first-order valence-corrected chi connectivity index (χ1v) is 6.24. The van der Waals surface area contributed by atoms with Crippen molar-refractivity contribution in [1.82, 2.24) is 10.2 Å². The molecule has 5 heteroatoms. The molecule has 0 aromatic rings. The SMILES string of the molecule is NC1CNCCC1OCCN1CCOCC1. The third-order valence-electron chi connectivity index (χ3n) is 3.31. The van der Waals surface area contributed by atoms with Gasteiger partial charge in [0.05, 0.1) is 25.9 Å². The molecule has 2 aliphatic rings. The number of hydrogen-bond donors (Lipinski definition) is 2. The van der Waals surface area contributed by atoms with Crippen LogP contribution in [-0.2, 0) is 9.47 Å². The number of ether oxygens (including phenoxy) is 2. The molecule has 0 saturated carbocycles. The van der Waals surface area contributed by atoms with Gasteiger partial charge in [-0.15, -0.1) is 0 Å². The van der Waals surface area contributed by atoms with E-state index in [-0.39, 0.29) is 12.1 Å². The molecule has 2 fully saturated rings. The molecule has 2 unspecified atom stereocenters. The third-order valence-corrected chi connectivity index (χ3v) is 3.31. The predicted octanol–water partition coefficient (Wildman–Crippen LogP) is -0.976. The van der Waals surface area contributed by atoms with E-state index in [9.17, 15) is 0 Å². The summed E-state index contributed by atoms with van der Waals surface area (Å²) < 4.78 is 11.2. The van der Waals surface area contributed by atoms with Gasteiger partial charge in [0.1, 0.15) is 0 Å². The number of nitrogens with one attached hydrogen (secondary N) is 1. The van der Waals surface area contributed by atoms with Gasteiger partial charge in [-0.2, -0.15) is 0 Å². The summed E-state index contributed by atoms with van der Waals surface area (Å²) in [6, 6.07) is 0.151. The van der Waals surface area contributed by atoms with Gasteiger partial charge in [-0.1, -0.05) is 0 Å². The minimum Gasteiger partial charge on any atom is -0.379 e. The first-order chi connectivity index (χ1) is 7.86. The summed E-state index contributed by atoms with van der Waals surface area (Å²) in [6.45, 7) is 7.46. The molecule has 2 atom stereocenters. The molecule has 0 radical (unpaired) electrons. The van der Waals surface area contributed by atoms with E-state index < -0.39 is 0 Å². The van der Waals surface area contributed by atoms with Crippen molar-refractivity contribution in [2.24, 2.45) is 5.73 Å². The van der Waals surface area contributed by atoms with E-state index in [0.717, 1.165) is 59.0 Å². The Kier molecular flexibility index (Phi) is 4.99. The van der Waals surface area contributed by atoms with Crippen molar-refractivity contribution in [3.8, 4) is 0 Å². The van der Waals surface area contributed by atoms with Crippen LogP contribution in [0.15, 0.2) is 0 Å². The molecule has 2 aliphatic heterocycles. The van der Waals surface area contributed by atoms with Gasteiger partial charge >= 0.3 is 0 Å². The van der Waals surface area contributed by atoms with Crippen LogP contribution in [-0.4, -0.2) is 69.6 Å². The van der Waals surface area contributed by atoms with Crippen molar-refractivity contribution in [1.29, 1.82) is 0 Å². The molecule has 0 aromatic carbocycles. The highest BCUT2D eigenvalue weighted by Crippen LogP contribution is 2.06. The minimum absolute atomic E-state index is 0.151. The monoisotopic (exact) mass is 229 g/mol. The van der Waals surface area contributed by atoms with Gasteiger partial charge in [0.15, 0.2) is 0 Å². The van der Waals surface area contributed by atoms with Crippen molar-refractivity contribution in [2.75, 3.05) is 52.5 Å². The second-order valence-electron chi connectivity index (χ2n) is 4.52. The zero-order valence-electron chi connectivity index (χ0n) is 9.86. The van der Waals surface area contributed by atoms with Crippen LogP contribution in [0.5, 0.6) is 0 Å². The van der Waals surface area contributed by atoms with Gasteiger partial charge in [-0.25, -0.2) is 0 Å². The number of nitrogens with two attached hydrogens (primary N) is 1. The second kappa shape index (κ2) is 6.51. The average Bonchev–Trinajstić information content (AvgIpc) is 2.33. The van der Waals surface area contributed by atoms with Crippen LogP contribution < -0.4 is 11.1 Å². The van der Waals surface area contributed by atoms with Gasteiger partial charge in [-0.05, 0) is 13.0 Å². The van der Waals surface area contributed by atoms with Crippen molar-refractivity contribution >= 4 is 0 Å². The number of morpholine rings is 1. The maximum atomic E-state index is 5.98. The minimum atomic E-state index is 0.151. The Labute approximate surface area is 97.3 Å². The fourth-order valence-corrected chi connectivity index (χ4v) is 2.22. The van der Waals surface area contributed by atoms with Crippen LogP contribution in [0.2, 0.25) is 0 Å². The van der Waals surface area contributed by atoms with Crippen LogP contribution in [0, 0.1) is 0 Å². The second-order valence-corrected chi connectivity index (χ2v) is 4.52. The smallest absolute Gasteiger partial charge is 0.0751 e. The van der Waals surface area contributed by atoms with Crippen molar-refractivity contribution < 1.29 is 9.47 Å². The molecular weight excluding hydrogens is 206 g/mol. The molecule has 0 bridgehead atoms. The highest BCUT2D eigenvalue weighted by atomic mass is 16.5. The summed E-state index contributed by atoms with van der Waals surface area (Å²) in [6.07, 6.45) is 1.27. The van der Waals surface area contributed by atoms with Gasteiger partial charge in [0, 0.05) is 32.2 Å². The maximum absolute atomic E-state index is 5.98. The molecule has 2 rings (SSSR count). The molecule has 0 aromatic heterocycles. The van der Waals surface area contributed by atoms with E-state index in [0.29, 0.717) is 0 Å². The van der Waals surface area contributed by atoms with Crippen LogP contribution in [0.25, 0.3) is 0 Å². The Morgan fingerprint density at radius 1 is 1.38 bits per heavy atom. The molecule has 3 N–H and O–H groups in total. The van der Waals surface area contributed by atoms with E-state index in [1.807, 2.05) is 0 Å². The van der Waals surface area contributed by atoms with Crippen LogP contribution in [0.3, 0.4) is 0 Å². The predicted molar refractivity (Wildman–Crippen MR) is 62.5 cm³/mol. The van der Waals surface area contributed by atoms with Gasteiger partial charge < -0.3 is 20.5 Å². The van der Waals surface area contributed by atoms with Gasteiger partial charge in [0.2, 0.25) is 0 Å². The Morgan fingerprint density at radius 3 is 2.94 bits per heavy atom. The molecular formula is C11H23N3O2. The Bertz CT molecular complexity index is 198. The fraction of sp³-hybridized carbons (Fsp3) is 1.00. The molecule has 0 amide bonds. The van der Waals surface area contributed by atoms with Gasteiger partial charge in [0.25, 0.3) is 0 Å². The molecule has 2 saturated heterocycles. The summed E-state index contributed by atoms with van der Waals surface area (Å²) >= 11 is 0. The maximum Gasteiger partial charge on any atom is 0.0751 e. The number of nitrogens with zero attached hydrogens (tertiary/aromatic N) is 1. The molecule has 94 valence electrons. The molecule has 16 heavy (non-hydrogen) atoms. The summed E-state index contributed by atoms with van der Waals surface area (Å²) in [4.78, 5) is 2.39. The highest BCUT2D eigenvalue weighted by molar-refractivity contribution is 4.81. The zero-order valence-corrected chi connectivity index (χ0v) is 9.86. The van der Waals surface area contributed by atoms with E-state index in [4.69, 9.17) is 15.2 Å². The molecule has 5 nitrogen and oxygen atoms in total. The lowest BCUT2D eigenvalue weighted by molar-refractivity contribution is -0.0124. The fourth-order valence-electron chi connectivity index (χ4n) is 2.22. The Balaban J connectivity index is 1.59. The van der Waals surface area contributed by atoms with E-state index >= 15 is 0 Å². The lowest BCUT2D eigenvalue weighted by atomic mass is 10.1. The lowest BCUT2D eigenvalue weighted by Gasteiger charge is -2.31. The van der Waals surface area contributed by atoms with Crippen LogP contribution in [0.4, 0.5) is 0 Å². The summed E-state index contributed by atoms with van der Waals surface area (Å²) in [7, 11) is 0. The largest absolute Gasteiger partial charge is 0.379 e. The number of hydrogen-bond acceptors (Lipinski definition) is 5. The summed E-state index contributed by atoms with van der Waals surface area (Å²) in [5, 5.41) is 3.27. The summed E-state index contributed by atoms with van der Waals surface area (Å²) in [5.74, 6) is 0. The van der Waals surface area contributed by atoms with Crippen molar-refractivity contribution in [3.05, 3.63) is 0 Å². The first-order valence-electron chi connectivity index (χ1n) is 6.24. The quantitative estimate of drug-likeness (QED) is 0.649. The highest BCUT2D eigenvalue weighted by Gasteiger charge is 2.22. The molecule has 0 aliphatic carbocycles. The van der Waals surface area contributed by atoms with E-state index in [1.54, 1.807) is 0 Å². The topological polar surface area (TPSA) is 59.8 Å². The molecule has 2 heterocycles. The Hall–Kier alpha value is -0.200. The normalized spacial score (nSPS) is 32.8. The van der Waals surface area contributed by atoms with Crippen LogP contribution in [0.1, 0.15) is 6.42 Å². The zero-order chi connectivity index (χ0) is 11.2. The van der Waals surface area contributed by atoms with Crippen molar-refractivity contribution in [2.45, 2.75) is 18.6 Å². The first kappa shape index (κ1) is 12.3. The van der Waals surface area contributed by atoms with Crippen molar-refractivity contribution in [3.63, 3.8) is 0 Å². The van der Waals surface area contributed by atoms with E-state index in [1.165, 1.54) is 0 Å². The van der Waals surface area contributed by atoms with Crippen LogP contribution >= 0.6 is 0 Å². The average molecular weight is 229 g/mol. The number of rotatable bonds is 4. The third kappa shape index (κ3) is 3.68. The standard InChI is InChI=1S/C11H23N3O2/c12-10-9-13-2-1-11(10)16-8-5-14-3-6-15-7-4-14/h10-11,13H,1-9,12H2. The number of piperidine rings is 1. The molecule has 0 spiro atoms.